The largest absolute Gasteiger partial charge is 0.398 e. The summed E-state index contributed by atoms with van der Waals surface area (Å²) in [5, 5.41) is 3.02. The molecule has 0 aromatic heterocycles. The number of anilines is 1. The molecule has 0 heterocycles. The number of nitrogens with one attached hydrogen (secondary N) is 1. The van der Waals surface area contributed by atoms with E-state index >= 15 is 0 Å². The summed E-state index contributed by atoms with van der Waals surface area (Å²) >= 11 is 5.76. The quantitative estimate of drug-likeness (QED) is 0.471. The van der Waals surface area contributed by atoms with E-state index in [0.717, 1.165) is 0 Å². The summed E-state index contributed by atoms with van der Waals surface area (Å²) in [5.41, 5.74) is 6.43. The fourth-order valence-corrected chi connectivity index (χ4v) is 1.48. The van der Waals surface area contributed by atoms with Crippen molar-refractivity contribution in [2.24, 2.45) is 0 Å². The van der Waals surface area contributed by atoms with E-state index < -0.39 is 0 Å². The van der Waals surface area contributed by atoms with Crippen LogP contribution in [0.2, 0.25) is 5.02 Å². The molecule has 0 saturated heterocycles. The molecule has 0 aliphatic heterocycles. The fourth-order valence-electron chi connectivity index (χ4n) is 1.36. The van der Waals surface area contributed by atoms with Crippen molar-refractivity contribution in [3.63, 3.8) is 0 Å². The van der Waals surface area contributed by atoms with Crippen molar-refractivity contribution >= 4 is 29.0 Å². The number of halogens is 1. The number of nitrogen functional groups attached to an aromatic ring is 1. The Morgan fingerprint density at radius 3 is 2.72 bits per heavy atom. The molecular formula is C13H15ClN2O2. The number of Topliss-reactive ketones (excluding diaryl/α,β-unsaturated/α-hetero) is 1. The zero-order valence-electron chi connectivity index (χ0n) is 9.91. The average Bonchev–Trinajstić information content (AvgIpc) is 2.36. The summed E-state index contributed by atoms with van der Waals surface area (Å²) < 4.78 is 0. The number of rotatable bonds is 6. The smallest absolute Gasteiger partial charge is 0.220 e. The summed E-state index contributed by atoms with van der Waals surface area (Å²) in [6.45, 7) is 3.89. The van der Waals surface area contributed by atoms with Gasteiger partial charge in [0, 0.05) is 24.9 Å². The van der Waals surface area contributed by atoms with Crippen molar-refractivity contribution < 1.29 is 9.59 Å². The number of amides is 1. The van der Waals surface area contributed by atoms with Gasteiger partial charge in [0.1, 0.15) is 0 Å². The molecule has 1 amide bonds. The van der Waals surface area contributed by atoms with Crippen molar-refractivity contribution in [1.82, 2.24) is 5.32 Å². The lowest BCUT2D eigenvalue weighted by Gasteiger charge is -2.04. The maximum atomic E-state index is 11.8. The minimum absolute atomic E-state index is 0.132. The molecule has 0 radical (unpaired) electrons. The number of carbonyl (C=O) groups excluding carboxylic acids is 2. The number of benzene rings is 1. The maximum Gasteiger partial charge on any atom is 0.220 e. The summed E-state index contributed by atoms with van der Waals surface area (Å²) in [6, 6.07) is 4.69. The normalized spacial score (nSPS) is 9.83. The third kappa shape index (κ3) is 4.22. The van der Waals surface area contributed by atoms with Crippen molar-refractivity contribution in [1.29, 1.82) is 0 Å². The van der Waals surface area contributed by atoms with E-state index in [1.165, 1.54) is 6.07 Å². The highest BCUT2D eigenvalue weighted by atomic mass is 35.5. The van der Waals surface area contributed by atoms with E-state index in [1.54, 1.807) is 18.2 Å². The highest BCUT2D eigenvalue weighted by Crippen LogP contribution is 2.20. The molecule has 0 bridgehead atoms. The molecule has 0 atom stereocenters. The van der Waals surface area contributed by atoms with Crippen molar-refractivity contribution in [2.45, 2.75) is 12.8 Å². The standard InChI is InChI=1S/C13H15ClN2O2/c1-2-7-16-13(18)6-5-12(17)9-3-4-10(14)11(15)8-9/h2-4,8H,1,5-7,15H2,(H,16,18). The van der Waals surface area contributed by atoms with Crippen LogP contribution >= 0.6 is 11.6 Å². The Hall–Kier alpha value is -1.81. The van der Waals surface area contributed by atoms with E-state index in [-0.39, 0.29) is 24.5 Å². The van der Waals surface area contributed by atoms with Crippen LogP contribution in [0.3, 0.4) is 0 Å². The third-order valence-corrected chi connectivity index (χ3v) is 2.68. The Balaban J connectivity index is 2.52. The molecule has 1 rings (SSSR count). The van der Waals surface area contributed by atoms with E-state index in [2.05, 4.69) is 11.9 Å². The topological polar surface area (TPSA) is 72.2 Å². The molecule has 0 saturated carbocycles. The Bertz CT molecular complexity index is 472. The van der Waals surface area contributed by atoms with Gasteiger partial charge in [-0.1, -0.05) is 17.7 Å². The van der Waals surface area contributed by atoms with E-state index in [9.17, 15) is 9.59 Å². The van der Waals surface area contributed by atoms with Crippen LogP contribution in [0, 0.1) is 0 Å². The SMILES string of the molecule is C=CCNC(=O)CCC(=O)c1ccc(Cl)c(N)c1. The van der Waals surface area contributed by atoms with Crippen molar-refractivity contribution in [2.75, 3.05) is 12.3 Å². The van der Waals surface area contributed by atoms with Gasteiger partial charge in [-0.25, -0.2) is 0 Å². The first-order valence-electron chi connectivity index (χ1n) is 5.50. The number of ketones is 1. The number of hydrogen-bond donors (Lipinski definition) is 2. The Morgan fingerprint density at radius 2 is 2.11 bits per heavy atom. The van der Waals surface area contributed by atoms with Crippen LogP contribution < -0.4 is 11.1 Å². The molecule has 0 spiro atoms. The first-order valence-corrected chi connectivity index (χ1v) is 5.88. The van der Waals surface area contributed by atoms with Crippen molar-refractivity contribution in [3.8, 4) is 0 Å². The van der Waals surface area contributed by atoms with Gasteiger partial charge in [0.05, 0.1) is 10.7 Å². The van der Waals surface area contributed by atoms with Gasteiger partial charge in [0.2, 0.25) is 5.91 Å². The van der Waals surface area contributed by atoms with Gasteiger partial charge in [-0.15, -0.1) is 6.58 Å². The fraction of sp³-hybridized carbons (Fsp3) is 0.231. The molecule has 1 aromatic rings. The Kier molecular flexibility index (Phi) is 5.39. The highest BCUT2D eigenvalue weighted by molar-refractivity contribution is 6.33. The van der Waals surface area contributed by atoms with Crippen LogP contribution in [0.1, 0.15) is 23.2 Å². The van der Waals surface area contributed by atoms with Crippen LogP contribution in [0.15, 0.2) is 30.9 Å². The van der Waals surface area contributed by atoms with Crippen molar-refractivity contribution in [3.05, 3.63) is 41.4 Å². The zero-order valence-corrected chi connectivity index (χ0v) is 10.7. The molecule has 0 aliphatic rings. The summed E-state index contributed by atoms with van der Waals surface area (Å²) in [7, 11) is 0. The zero-order chi connectivity index (χ0) is 13.5. The minimum Gasteiger partial charge on any atom is -0.398 e. The summed E-state index contributed by atoms with van der Waals surface area (Å²) in [6.07, 6.45) is 1.87. The Labute approximate surface area is 111 Å². The Morgan fingerprint density at radius 1 is 1.39 bits per heavy atom. The van der Waals surface area contributed by atoms with Crippen LogP contribution in [-0.2, 0) is 4.79 Å². The second kappa shape index (κ2) is 6.81. The second-order valence-corrected chi connectivity index (χ2v) is 4.16. The van der Waals surface area contributed by atoms with Gasteiger partial charge in [-0.3, -0.25) is 9.59 Å². The molecule has 18 heavy (non-hydrogen) atoms. The second-order valence-electron chi connectivity index (χ2n) is 3.75. The minimum atomic E-state index is -0.176. The molecular weight excluding hydrogens is 252 g/mol. The molecule has 96 valence electrons. The monoisotopic (exact) mass is 266 g/mol. The molecule has 0 unspecified atom stereocenters. The van der Waals surface area contributed by atoms with Gasteiger partial charge in [-0.2, -0.15) is 0 Å². The number of carbonyl (C=O) groups is 2. The molecule has 4 nitrogen and oxygen atoms in total. The average molecular weight is 267 g/mol. The molecule has 5 heteroatoms. The lowest BCUT2D eigenvalue weighted by Crippen LogP contribution is -2.23. The van der Waals surface area contributed by atoms with Gasteiger partial charge in [-0.05, 0) is 18.2 Å². The molecule has 3 N–H and O–H groups in total. The van der Waals surface area contributed by atoms with E-state index in [1.807, 2.05) is 0 Å². The first-order chi connectivity index (χ1) is 8.54. The summed E-state index contributed by atoms with van der Waals surface area (Å²) in [4.78, 5) is 23.1. The maximum absolute atomic E-state index is 11.8. The predicted octanol–water partition coefficient (Wildman–Crippen LogP) is 2.19. The molecule has 0 aliphatic carbocycles. The number of hydrogen-bond acceptors (Lipinski definition) is 3. The number of nitrogens with two attached hydrogens (primary N) is 1. The molecule has 0 fully saturated rings. The summed E-state index contributed by atoms with van der Waals surface area (Å²) in [5.74, 6) is -0.308. The van der Waals surface area contributed by atoms with Gasteiger partial charge >= 0.3 is 0 Å². The predicted molar refractivity (Wildman–Crippen MR) is 72.6 cm³/mol. The first kappa shape index (κ1) is 14.3. The van der Waals surface area contributed by atoms with Gasteiger partial charge in [0.15, 0.2) is 5.78 Å². The van der Waals surface area contributed by atoms with E-state index in [4.69, 9.17) is 17.3 Å². The lowest BCUT2D eigenvalue weighted by atomic mass is 10.1. The lowest BCUT2D eigenvalue weighted by molar-refractivity contribution is -0.120. The van der Waals surface area contributed by atoms with Crippen LogP contribution in [0.25, 0.3) is 0 Å². The van der Waals surface area contributed by atoms with E-state index in [0.29, 0.717) is 22.8 Å². The third-order valence-electron chi connectivity index (χ3n) is 2.34. The van der Waals surface area contributed by atoms with Gasteiger partial charge < -0.3 is 11.1 Å². The van der Waals surface area contributed by atoms with Gasteiger partial charge in [0.25, 0.3) is 0 Å². The molecule has 1 aromatic carbocycles. The highest BCUT2D eigenvalue weighted by Gasteiger charge is 2.10. The van der Waals surface area contributed by atoms with Crippen LogP contribution in [0.4, 0.5) is 5.69 Å². The van der Waals surface area contributed by atoms with Crippen LogP contribution in [-0.4, -0.2) is 18.2 Å². The van der Waals surface area contributed by atoms with Crippen LogP contribution in [0.5, 0.6) is 0 Å².